The van der Waals surface area contributed by atoms with Crippen molar-refractivity contribution in [1.82, 2.24) is 9.78 Å². The Morgan fingerprint density at radius 1 is 1.50 bits per heavy atom. The van der Waals surface area contributed by atoms with Crippen molar-refractivity contribution >= 4 is 27.5 Å². The molecule has 6 heteroatoms. The summed E-state index contributed by atoms with van der Waals surface area (Å²) in [6.45, 7) is 3.91. The molecule has 2 aromatic rings. The maximum absolute atomic E-state index is 9.77. The molecule has 0 fully saturated rings. The minimum Gasteiger partial charge on any atom is -0.488 e. The van der Waals surface area contributed by atoms with Crippen LogP contribution < -0.4 is 4.74 Å². The van der Waals surface area contributed by atoms with Crippen LogP contribution in [0.25, 0.3) is 0 Å². The molecule has 0 aliphatic heterocycles. The molecule has 1 aromatic heterocycles. The molecule has 0 aliphatic carbocycles. The smallest absolute Gasteiger partial charge is 0.133 e. The first-order chi connectivity index (χ1) is 9.40. The number of aliphatic hydroxyl groups is 1. The van der Waals surface area contributed by atoms with E-state index in [1.807, 2.05) is 25.1 Å². The van der Waals surface area contributed by atoms with Gasteiger partial charge in [-0.15, -0.1) is 0 Å². The van der Waals surface area contributed by atoms with Crippen LogP contribution >= 0.6 is 27.5 Å². The van der Waals surface area contributed by atoms with Crippen LogP contribution in [0.1, 0.15) is 29.8 Å². The van der Waals surface area contributed by atoms with Gasteiger partial charge >= 0.3 is 0 Å². The first kappa shape index (κ1) is 15.4. The fourth-order valence-electron chi connectivity index (χ4n) is 1.97. The molecule has 0 aliphatic rings. The van der Waals surface area contributed by atoms with Gasteiger partial charge in [0.1, 0.15) is 17.5 Å². The molecule has 2 rings (SSSR count). The van der Waals surface area contributed by atoms with E-state index >= 15 is 0 Å². The minimum atomic E-state index is -0.594. The lowest BCUT2D eigenvalue weighted by Gasteiger charge is -2.14. The van der Waals surface area contributed by atoms with E-state index < -0.39 is 6.10 Å². The Morgan fingerprint density at radius 3 is 2.75 bits per heavy atom. The van der Waals surface area contributed by atoms with Gasteiger partial charge in [-0.2, -0.15) is 5.10 Å². The number of aryl methyl sites for hydroxylation is 2. The van der Waals surface area contributed by atoms with Crippen LogP contribution in [0.15, 0.2) is 22.7 Å². The van der Waals surface area contributed by atoms with Crippen molar-refractivity contribution < 1.29 is 9.84 Å². The normalized spacial score (nSPS) is 12.5. The van der Waals surface area contributed by atoms with Gasteiger partial charge in [0.25, 0.3) is 0 Å². The number of halogens is 2. The number of rotatable bonds is 4. The van der Waals surface area contributed by atoms with Gasteiger partial charge in [-0.25, -0.2) is 0 Å². The third-order valence-corrected chi connectivity index (χ3v) is 4.03. The minimum absolute atomic E-state index is 0.314. The highest BCUT2D eigenvalue weighted by molar-refractivity contribution is 9.10. The van der Waals surface area contributed by atoms with Crippen LogP contribution in [0.2, 0.25) is 5.15 Å². The summed E-state index contributed by atoms with van der Waals surface area (Å²) in [6.07, 6.45) is -0.594. The van der Waals surface area contributed by atoms with E-state index in [-0.39, 0.29) is 0 Å². The summed E-state index contributed by atoms with van der Waals surface area (Å²) < 4.78 is 8.32. The average molecular weight is 360 g/mol. The highest BCUT2D eigenvalue weighted by Gasteiger charge is 2.14. The summed E-state index contributed by atoms with van der Waals surface area (Å²) in [7, 11) is 1.79. The summed E-state index contributed by atoms with van der Waals surface area (Å²) >= 11 is 9.58. The Kier molecular flexibility index (Phi) is 4.73. The molecule has 1 atom stereocenters. The molecule has 0 bridgehead atoms. The lowest BCUT2D eigenvalue weighted by molar-refractivity contribution is 0.190. The van der Waals surface area contributed by atoms with Crippen molar-refractivity contribution in [2.45, 2.75) is 26.6 Å². The Labute approximate surface area is 131 Å². The van der Waals surface area contributed by atoms with Gasteiger partial charge in [0.15, 0.2) is 0 Å². The van der Waals surface area contributed by atoms with Crippen molar-refractivity contribution in [3.05, 3.63) is 44.6 Å². The second-order valence-corrected chi connectivity index (χ2v) is 5.90. The zero-order chi connectivity index (χ0) is 14.9. The molecular weight excluding hydrogens is 344 g/mol. The summed E-state index contributed by atoms with van der Waals surface area (Å²) in [6, 6.07) is 5.54. The first-order valence-corrected chi connectivity index (χ1v) is 7.35. The SMILES string of the molecule is Cc1nn(C)c(Cl)c1COc1cc(Br)ccc1C(C)O. The molecule has 1 aromatic carbocycles. The van der Waals surface area contributed by atoms with Crippen LogP contribution in [-0.4, -0.2) is 14.9 Å². The monoisotopic (exact) mass is 358 g/mol. The largest absolute Gasteiger partial charge is 0.488 e. The fourth-order valence-corrected chi connectivity index (χ4v) is 2.54. The van der Waals surface area contributed by atoms with Gasteiger partial charge in [0, 0.05) is 22.6 Å². The summed E-state index contributed by atoms with van der Waals surface area (Å²) in [4.78, 5) is 0. The van der Waals surface area contributed by atoms with Crippen molar-refractivity contribution in [1.29, 1.82) is 0 Å². The lowest BCUT2D eigenvalue weighted by Crippen LogP contribution is -2.02. The van der Waals surface area contributed by atoms with E-state index in [9.17, 15) is 5.11 Å². The zero-order valence-corrected chi connectivity index (χ0v) is 13.9. The van der Waals surface area contributed by atoms with Gasteiger partial charge in [-0.3, -0.25) is 4.68 Å². The Bertz CT molecular complexity index is 626. The van der Waals surface area contributed by atoms with E-state index in [4.69, 9.17) is 16.3 Å². The zero-order valence-electron chi connectivity index (χ0n) is 11.5. The molecule has 1 heterocycles. The van der Waals surface area contributed by atoms with Gasteiger partial charge in [-0.1, -0.05) is 33.6 Å². The summed E-state index contributed by atoms with van der Waals surface area (Å²) in [5.41, 5.74) is 2.43. The van der Waals surface area contributed by atoms with Crippen LogP contribution in [0.3, 0.4) is 0 Å². The van der Waals surface area contributed by atoms with E-state index in [1.54, 1.807) is 18.7 Å². The molecule has 0 saturated heterocycles. The lowest BCUT2D eigenvalue weighted by atomic mass is 10.1. The third-order valence-electron chi connectivity index (χ3n) is 3.07. The Morgan fingerprint density at radius 2 is 2.20 bits per heavy atom. The number of aromatic nitrogens is 2. The Hall–Kier alpha value is -1.04. The van der Waals surface area contributed by atoms with Crippen molar-refractivity contribution in [3.8, 4) is 5.75 Å². The van der Waals surface area contributed by atoms with E-state index in [0.717, 1.165) is 21.3 Å². The molecule has 20 heavy (non-hydrogen) atoms. The predicted molar refractivity (Wildman–Crippen MR) is 82.1 cm³/mol. The average Bonchev–Trinajstić information content (AvgIpc) is 2.61. The molecule has 108 valence electrons. The van der Waals surface area contributed by atoms with Crippen LogP contribution in [0.5, 0.6) is 5.75 Å². The summed E-state index contributed by atoms with van der Waals surface area (Å²) in [5, 5.41) is 14.6. The number of benzene rings is 1. The van der Waals surface area contributed by atoms with Crippen LogP contribution in [0.4, 0.5) is 0 Å². The summed E-state index contributed by atoms with van der Waals surface area (Å²) in [5.74, 6) is 0.633. The van der Waals surface area contributed by atoms with Gasteiger partial charge < -0.3 is 9.84 Å². The first-order valence-electron chi connectivity index (χ1n) is 6.18. The molecule has 0 saturated carbocycles. The van der Waals surface area contributed by atoms with Crippen molar-refractivity contribution in [3.63, 3.8) is 0 Å². The predicted octanol–water partition coefficient (Wildman–Crippen LogP) is 3.78. The van der Waals surface area contributed by atoms with Gasteiger partial charge in [-0.05, 0) is 26.0 Å². The molecular formula is C14H16BrClN2O2. The second-order valence-electron chi connectivity index (χ2n) is 4.63. The Balaban J connectivity index is 2.24. The molecule has 0 amide bonds. The number of hydrogen-bond donors (Lipinski definition) is 1. The quantitative estimate of drug-likeness (QED) is 0.904. The fraction of sp³-hybridized carbons (Fsp3) is 0.357. The maximum Gasteiger partial charge on any atom is 0.133 e. The molecule has 1 unspecified atom stereocenters. The standard InChI is InChI=1S/C14H16BrClN2O2/c1-8-12(14(16)18(3)17-8)7-20-13-6-10(15)4-5-11(13)9(2)19/h4-6,9,19H,7H2,1-3H3. The second kappa shape index (κ2) is 6.16. The number of ether oxygens (including phenoxy) is 1. The molecule has 1 N–H and O–H groups in total. The van der Waals surface area contributed by atoms with Gasteiger partial charge in [0.2, 0.25) is 0 Å². The molecule has 0 radical (unpaired) electrons. The van der Waals surface area contributed by atoms with Gasteiger partial charge in [0.05, 0.1) is 11.8 Å². The van der Waals surface area contributed by atoms with Crippen molar-refractivity contribution in [2.24, 2.45) is 7.05 Å². The number of hydrogen-bond acceptors (Lipinski definition) is 3. The number of nitrogens with zero attached hydrogens (tertiary/aromatic N) is 2. The van der Waals surface area contributed by atoms with E-state index in [0.29, 0.717) is 17.5 Å². The van der Waals surface area contributed by atoms with Crippen LogP contribution in [-0.2, 0) is 13.7 Å². The molecule has 0 spiro atoms. The third kappa shape index (κ3) is 3.16. The highest BCUT2D eigenvalue weighted by Crippen LogP contribution is 2.30. The molecule has 4 nitrogen and oxygen atoms in total. The maximum atomic E-state index is 9.77. The van der Waals surface area contributed by atoms with Crippen LogP contribution in [0, 0.1) is 6.92 Å². The highest BCUT2D eigenvalue weighted by atomic mass is 79.9. The topological polar surface area (TPSA) is 47.3 Å². The number of aliphatic hydroxyl groups excluding tert-OH is 1. The van der Waals surface area contributed by atoms with Crippen molar-refractivity contribution in [2.75, 3.05) is 0 Å². The van der Waals surface area contributed by atoms with E-state index in [2.05, 4.69) is 21.0 Å². The van der Waals surface area contributed by atoms with E-state index in [1.165, 1.54) is 0 Å².